The van der Waals surface area contributed by atoms with Crippen molar-refractivity contribution in [3.05, 3.63) is 52.8 Å². The van der Waals surface area contributed by atoms with Gasteiger partial charge >= 0.3 is 0 Å². The first-order chi connectivity index (χ1) is 14.8. The first-order valence-electron chi connectivity index (χ1n) is 10.2. The van der Waals surface area contributed by atoms with Crippen LogP contribution in [0.2, 0.25) is 0 Å². The van der Waals surface area contributed by atoms with Gasteiger partial charge in [-0.1, -0.05) is 11.6 Å². The number of imidazole rings is 1. The fourth-order valence-corrected chi connectivity index (χ4v) is 4.38. The number of nitrogens with zero attached hydrogens (tertiary/aromatic N) is 5. The minimum atomic E-state index is -2.87. The Morgan fingerprint density at radius 2 is 2.13 bits per heavy atom. The first kappa shape index (κ1) is 20.9. The Morgan fingerprint density at radius 1 is 1.32 bits per heavy atom. The number of alkyl halides is 2. The van der Waals surface area contributed by atoms with Gasteiger partial charge in [0.15, 0.2) is 0 Å². The zero-order valence-corrected chi connectivity index (χ0v) is 17.5. The van der Waals surface area contributed by atoms with Crippen LogP contribution >= 0.6 is 0 Å². The number of hydrogen-bond donors (Lipinski definition) is 0. The summed E-state index contributed by atoms with van der Waals surface area (Å²) in [4.78, 5) is 8.73. The van der Waals surface area contributed by atoms with Crippen LogP contribution in [0, 0.1) is 25.2 Å². The van der Waals surface area contributed by atoms with Crippen molar-refractivity contribution in [1.29, 1.82) is 5.26 Å². The van der Waals surface area contributed by atoms with Gasteiger partial charge in [0, 0.05) is 18.1 Å². The average molecular weight is 423 g/mol. The number of aromatic nitrogens is 3. The summed E-state index contributed by atoms with van der Waals surface area (Å²) in [7, 11) is 0. The second-order valence-corrected chi connectivity index (χ2v) is 7.96. The smallest absolute Gasteiger partial charge is 0.268 e. The summed E-state index contributed by atoms with van der Waals surface area (Å²) in [6.07, 6.45) is 1.65. The highest BCUT2D eigenvalue weighted by Gasteiger charge is 2.44. The van der Waals surface area contributed by atoms with Gasteiger partial charge in [0.2, 0.25) is 0 Å². The Kier molecular flexibility index (Phi) is 5.44. The second-order valence-electron chi connectivity index (χ2n) is 7.96. The molecule has 2 aromatic heterocycles. The van der Waals surface area contributed by atoms with Crippen molar-refractivity contribution in [1.82, 2.24) is 14.7 Å². The van der Waals surface area contributed by atoms with E-state index >= 15 is 8.78 Å². The van der Waals surface area contributed by atoms with Crippen LogP contribution in [0.1, 0.15) is 60.3 Å². The van der Waals surface area contributed by atoms with E-state index in [9.17, 15) is 5.26 Å². The van der Waals surface area contributed by atoms with E-state index in [0.29, 0.717) is 64.7 Å². The Balaban J connectivity index is 1.95. The van der Waals surface area contributed by atoms with Crippen LogP contribution in [0.3, 0.4) is 0 Å². The van der Waals surface area contributed by atoms with Gasteiger partial charge in [-0.15, -0.1) is 0 Å². The first-order valence-corrected chi connectivity index (χ1v) is 10.2. The molecule has 0 saturated heterocycles. The molecule has 1 unspecified atom stereocenters. The number of hydrogen-bond acceptors (Lipinski definition) is 5. The standard InChI is InChI=1S/C23H23F2N5O/c1-14-10-17(29-31-14)12-21-28-15(2)22(18-11-16(13-26)7-8-19(18)27-3)30(21)20-6-4-5-9-23(20,24)25/h7-8,10-11,20H,3-6,9,12H2,1-2H3. The second kappa shape index (κ2) is 8.06. The maximum Gasteiger partial charge on any atom is 0.268 e. The highest BCUT2D eigenvalue weighted by atomic mass is 19.3. The maximum absolute atomic E-state index is 15.1. The third-order valence-corrected chi connectivity index (χ3v) is 5.76. The van der Waals surface area contributed by atoms with Crippen molar-refractivity contribution in [3.8, 4) is 17.3 Å². The number of halogens is 2. The molecule has 1 aromatic carbocycles. The molecule has 6 nitrogen and oxygen atoms in total. The Morgan fingerprint density at radius 3 is 2.77 bits per heavy atom. The Labute approximate surface area is 179 Å². The summed E-state index contributed by atoms with van der Waals surface area (Å²) in [5, 5.41) is 13.4. The minimum Gasteiger partial charge on any atom is -0.361 e. The van der Waals surface area contributed by atoms with Crippen LogP contribution in [-0.2, 0) is 6.42 Å². The van der Waals surface area contributed by atoms with Crippen LogP contribution in [0.15, 0.2) is 33.8 Å². The number of nitriles is 1. The molecule has 1 aliphatic rings. The average Bonchev–Trinajstić information content (AvgIpc) is 3.29. The van der Waals surface area contributed by atoms with E-state index < -0.39 is 12.0 Å². The van der Waals surface area contributed by atoms with E-state index in [-0.39, 0.29) is 12.8 Å². The molecule has 31 heavy (non-hydrogen) atoms. The van der Waals surface area contributed by atoms with E-state index in [1.165, 1.54) is 0 Å². The molecule has 1 fully saturated rings. The van der Waals surface area contributed by atoms with Crippen LogP contribution < -0.4 is 0 Å². The van der Waals surface area contributed by atoms with Gasteiger partial charge in [-0.25, -0.2) is 13.8 Å². The quantitative estimate of drug-likeness (QED) is 0.493. The van der Waals surface area contributed by atoms with Gasteiger partial charge in [0.25, 0.3) is 5.92 Å². The van der Waals surface area contributed by atoms with Gasteiger partial charge in [-0.05, 0) is 51.6 Å². The molecular formula is C23H23F2N5O. The molecule has 1 saturated carbocycles. The Bertz CT molecular complexity index is 1170. The summed E-state index contributed by atoms with van der Waals surface area (Å²) < 4.78 is 37.1. The topological polar surface area (TPSA) is 80.0 Å². The van der Waals surface area contributed by atoms with Crippen LogP contribution in [0.5, 0.6) is 0 Å². The van der Waals surface area contributed by atoms with Gasteiger partial charge in [-0.2, -0.15) is 5.26 Å². The minimum absolute atomic E-state index is 0.165. The van der Waals surface area contributed by atoms with Crippen molar-refractivity contribution in [2.24, 2.45) is 4.99 Å². The van der Waals surface area contributed by atoms with Crippen molar-refractivity contribution >= 4 is 12.4 Å². The summed E-state index contributed by atoms with van der Waals surface area (Å²) in [5.74, 6) is -1.74. The molecule has 4 rings (SSSR count). The monoisotopic (exact) mass is 423 g/mol. The number of rotatable bonds is 5. The van der Waals surface area contributed by atoms with E-state index in [1.54, 1.807) is 42.7 Å². The van der Waals surface area contributed by atoms with Gasteiger partial charge in [0.1, 0.15) is 11.6 Å². The predicted molar refractivity (Wildman–Crippen MR) is 113 cm³/mol. The molecular weight excluding hydrogens is 400 g/mol. The number of aryl methyl sites for hydroxylation is 2. The SMILES string of the molecule is C=Nc1ccc(C#N)cc1-c1c(C)nc(Cc2cc(C)on2)n1C1CCCCC1(F)F. The third kappa shape index (κ3) is 3.88. The largest absolute Gasteiger partial charge is 0.361 e. The maximum atomic E-state index is 15.1. The molecule has 0 aliphatic heterocycles. The molecule has 8 heteroatoms. The molecule has 160 valence electrons. The lowest BCUT2D eigenvalue weighted by atomic mass is 9.90. The summed E-state index contributed by atoms with van der Waals surface area (Å²) in [6.45, 7) is 7.19. The Hall–Kier alpha value is -3.34. The highest BCUT2D eigenvalue weighted by Crippen LogP contribution is 2.46. The zero-order chi connectivity index (χ0) is 22.2. The third-order valence-electron chi connectivity index (χ3n) is 5.76. The fourth-order valence-electron chi connectivity index (χ4n) is 4.38. The summed E-state index contributed by atoms with van der Waals surface area (Å²) in [6, 6.07) is 7.83. The highest BCUT2D eigenvalue weighted by molar-refractivity contribution is 5.78. The molecule has 0 radical (unpaired) electrons. The predicted octanol–water partition coefficient (Wildman–Crippen LogP) is 5.70. The van der Waals surface area contributed by atoms with Gasteiger partial charge < -0.3 is 9.09 Å². The number of aliphatic imine (C=N–C) groups is 1. The van der Waals surface area contributed by atoms with Crippen molar-refractivity contribution in [3.63, 3.8) is 0 Å². The molecule has 1 aliphatic carbocycles. The van der Waals surface area contributed by atoms with E-state index in [4.69, 9.17) is 4.52 Å². The van der Waals surface area contributed by atoms with Crippen LogP contribution in [-0.4, -0.2) is 27.3 Å². The summed E-state index contributed by atoms with van der Waals surface area (Å²) >= 11 is 0. The molecule has 0 bridgehead atoms. The van der Waals surface area contributed by atoms with E-state index in [2.05, 4.69) is 27.9 Å². The normalized spacial score (nSPS) is 18.0. The van der Waals surface area contributed by atoms with Crippen molar-refractivity contribution in [2.45, 2.75) is 57.9 Å². The molecule has 1 atom stereocenters. The van der Waals surface area contributed by atoms with E-state index in [0.717, 1.165) is 0 Å². The fraction of sp³-hybridized carbons (Fsp3) is 0.391. The molecule has 0 spiro atoms. The molecule has 3 aromatic rings. The van der Waals surface area contributed by atoms with E-state index in [1.807, 2.05) is 0 Å². The van der Waals surface area contributed by atoms with Gasteiger partial charge in [0.05, 0.1) is 46.9 Å². The lowest BCUT2D eigenvalue weighted by Crippen LogP contribution is -2.35. The number of benzene rings is 1. The zero-order valence-electron chi connectivity index (χ0n) is 17.5. The summed E-state index contributed by atoms with van der Waals surface area (Å²) in [5.41, 5.74) is 3.27. The van der Waals surface area contributed by atoms with Crippen LogP contribution in [0.25, 0.3) is 11.3 Å². The van der Waals surface area contributed by atoms with Crippen molar-refractivity contribution in [2.75, 3.05) is 0 Å². The molecule has 0 amide bonds. The molecule has 2 heterocycles. The van der Waals surface area contributed by atoms with Crippen molar-refractivity contribution < 1.29 is 13.3 Å². The lowest BCUT2D eigenvalue weighted by molar-refractivity contribution is -0.0783. The van der Waals surface area contributed by atoms with Gasteiger partial charge in [-0.3, -0.25) is 4.99 Å². The lowest BCUT2D eigenvalue weighted by Gasteiger charge is -2.34. The van der Waals surface area contributed by atoms with Crippen LogP contribution in [0.4, 0.5) is 14.5 Å². The molecule has 0 N–H and O–H groups in total.